The lowest BCUT2D eigenvalue weighted by molar-refractivity contribution is 0.415. The van der Waals surface area contributed by atoms with Crippen LogP contribution in [-0.4, -0.2) is 12.1 Å². The van der Waals surface area contributed by atoms with E-state index in [1.165, 1.54) is 0 Å². The van der Waals surface area contributed by atoms with Crippen LogP contribution < -0.4 is 4.74 Å². The quantitative estimate of drug-likeness (QED) is 0.799. The fourth-order valence-electron chi connectivity index (χ4n) is 1.64. The van der Waals surface area contributed by atoms with Gasteiger partial charge in [-0.25, -0.2) is 0 Å². The maximum atomic E-state index is 9.27. The molecule has 1 heterocycles. The average molecular weight is 271 g/mol. The third-order valence-electron chi connectivity index (χ3n) is 2.64. The van der Waals surface area contributed by atoms with Gasteiger partial charge in [-0.05, 0) is 47.5 Å². The van der Waals surface area contributed by atoms with Gasteiger partial charge in [0.2, 0.25) is 0 Å². The highest BCUT2D eigenvalue weighted by Gasteiger charge is 2.09. The molecule has 0 amide bonds. The Morgan fingerprint density at radius 2 is 1.74 bits per heavy atom. The van der Waals surface area contributed by atoms with Gasteiger partial charge < -0.3 is 4.74 Å². The first-order valence-corrected chi connectivity index (χ1v) is 5.98. The number of hydrogen-bond donors (Lipinski definition) is 0. The van der Waals surface area contributed by atoms with Gasteiger partial charge >= 0.3 is 0 Å². The molecular weight excluding hydrogens is 260 g/mol. The summed E-state index contributed by atoms with van der Waals surface area (Å²) in [7, 11) is 1.60. The minimum Gasteiger partial charge on any atom is -0.497 e. The molecule has 4 heteroatoms. The van der Waals surface area contributed by atoms with E-state index in [1.807, 2.05) is 12.1 Å². The fraction of sp³-hybridized carbons (Fsp3) is 0.0667. The molecule has 0 aliphatic heterocycles. The molecule has 0 aliphatic carbocycles. The van der Waals surface area contributed by atoms with Gasteiger partial charge in [0.15, 0.2) is 0 Å². The van der Waals surface area contributed by atoms with Crippen molar-refractivity contribution in [2.24, 2.45) is 0 Å². The molecule has 0 fully saturated rings. The third kappa shape index (κ3) is 2.93. The second-order valence-corrected chi connectivity index (χ2v) is 4.14. The minimum atomic E-state index is 0.413. The Balaban J connectivity index is 2.46. The van der Waals surface area contributed by atoms with Crippen LogP contribution >= 0.6 is 11.6 Å². The SMILES string of the molecule is COc1ccc(/C(Cl)=C(/C#N)c2ccncc2)cc1. The number of aromatic nitrogens is 1. The van der Waals surface area contributed by atoms with E-state index in [1.54, 1.807) is 43.8 Å². The van der Waals surface area contributed by atoms with E-state index in [-0.39, 0.29) is 0 Å². The predicted molar refractivity (Wildman–Crippen MR) is 75.5 cm³/mol. The summed E-state index contributed by atoms with van der Waals surface area (Å²) in [5, 5.41) is 9.69. The number of allylic oxidation sites excluding steroid dienone is 1. The van der Waals surface area contributed by atoms with Gasteiger partial charge in [-0.1, -0.05) is 11.6 Å². The third-order valence-corrected chi connectivity index (χ3v) is 3.05. The van der Waals surface area contributed by atoms with E-state index in [0.29, 0.717) is 10.6 Å². The van der Waals surface area contributed by atoms with Crippen LogP contribution in [0.3, 0.4) is 0 Å². The summed E-state index contributed by atoms with van der Waals surface area (Å²) in [6.07, 6.45) is 3.26. The highest BCUT2D eigenvalue weighted by Crippen LogP contribution is 2.29. The Morgan fingerprint density at radius 3 is 2.26 bits per heavy atom. The van der Waals surface area contributed by atoms with Crippen LogP contribution in [0.5, 0.6) is 5.75 Å². The normalized spacial score (nSPS) is 11.4. The Labute approximate surface area is 116 Å². The van der Waals surface area contributed by atoms with Crippen molar-refractivity contribution >= 4 is 22.2 Å². The van der Waals surface area contributed by atoms with Crippen molar-refractivity contribution in [3.05, 3.63) is 59.9 Å². The van der Waals surface area contributed by atoms with E-state index in [9.17, 15) is 5.26 Å². The number of benzene rings is 1. The van der Waals surface area contributed by atoms with Crippen molar-refractivity contribution in [2.45, 2.75) is 0 Å². The molecule has 19 heavy (non-hydrogen) atoms. The molecule has 0 spiro atoms. The monoisotopic (exact) mass is 270 g/mol. The van der Waals surface area contributed by atoms with Crippen LogP contribution in [0.4, 0.5) is 0 Å². The first-order valence-electron chi connectivity index (χ1n) is 5.61. The lowest BCUT2D eigenvalue weighted by Gasteiger charge is -2.05. The van der Waals surface area contributed by atoms with Crippen molar-refractivity contribution < 1.29 is 4.74 Å². The van der Waals surface area contributed by atoms with Crippen LogP contribution in [0.25, 0.3) is 10.6 Å². The topological polar surface area (TPSA) is 45.9 Å². The van der Waals surface area contributed by atoms with Crippen molar-refractivity contribution in [2.75, 3.05) is 7.11 Å². The molecule has 0 radical (unpaired) electrons. The van der Waals surface area contributed by atoms with E-state index >= 15 is 0 Å². The number of hydrogen-bond acceptors (Lipinski definition) is 3. The molecule has 3 nitrogen and oxygen atoms in total. The molecule has 0 atom stereocenters. The minimum absolute atomic E-state index is 0.413. The second kappa shape index (κ2) is 6.03. The number of nitrogens with zero attached hydrogens (tertiary/aromatic N) is 2. The Hall–Kier alpha value is -2.31. The van der Waals surface area contributed by atoms with Gasteiger partial charge in [0.25, 0.3) is 0 Å². The summed E-state index contributed by atoms with van der Waals surface area (Å²) in [6.45, 7) is 0. The molecule has 1 aromatic heterocycles. The molecule has 0 aliphatic rings. The maximum absolute atomic E-state index is 9.27. The Kier molecular flexibility index (Phi) is 4.17. The van der Waals surface area contributed by atoms with Gasteiger partial charge in [0.05, 0.1) is 17.7 Å². The smallest absolute Gasteiger partial charge is 0.118 e. The Bertz CT molecular complexity index is 627. The van der Waals surface area contributed by atoms with E-state index in [4.69, 9.17) is 16.3 Å². The van der Waals surface area contributed by atoms with E-state index < -0.39 is 0 Å². The molecular formula is C15H11ClN2O. The second-order valence-electron chi connectivity index (χ2n) is 3.77. The molecule has 0 unspecified atom stereocenters. The van der Waals surface area contributed by atoms with Gasteiger partial charge in [-0.3, -0.25) is 4.98 Å². The first-order chi connectivity index (χ1) is 9.26. The van der Waals surface area contributed by atoms with Crippen LogP contribution in [0.2, 0.25) is 0 Å². The van der Waals surface area contributed by atoms with Gasteiger partial charge in [0.1, 0.15) is 11.8 Å². The average Bonchev–Trinajstić information content (AvgIpc) is 2.49. The molecule has 2 rings (SSSR count). The standard InChI is InChI=1S/C15H11ClN2O/c1-19-13-4-2-12(3-5-13)15(16)14(10-17)11-6-8-18-9-7-11/h2-9H,1H3/b15-14+. The van der Waals surface area contributed by atoms with Crippen molar-refractivity contribution in [3.8, 4) is 11.8 Å². The van der Waals surface area contributed by atoms with Gasteiger partial charge in [0, 0.05) is 12.4 Å². The first kappa shape index (κ1) is 13.1. The van der Waals surface area contributed by atoms with E-state index in [0.717, 1.165) is 16.9 Å². The summed E-state index contributed by atoms with van der Waals surface area (Å²) in [5.41, 5.74) is 1.95. The number of nitriles is 1. The number of rotatable bonds is 3. The number of ether oxygens (including phenoxy) is 1. The lowest BCUT2D eigenvalue weighted by atomic mass is 10.0. The summed E-state index contributed by atoms with van der Waals surface area (Å²) in [6, 6.07) is 12.9. The maximum Gasteiger partial charge on any atom is 0.118 e. The van der Waals surface area contributed by atoms with Crippen LogP contribution in [-0.2, 0) is 0 Å². The van der Waals surface area contributed by atoms with Gasteiger partial charge in [-0.15, -0.1) is 0 Å². The Morgan fingerprint density at radius 1 is 1.11 bits per heavy atom. The van der Waals surface area contributed by atoms with Gasteiger partial charge in [-0.2, -0.15) is 5.26 Å². The highest BCUT2D eigenvalue weighted by molar-refractivity contribution is 6.53. The van der Waals surface area contributed by atoms with Crippen LogP contribution in [0.1, 0.15) is 11.1 Å². The molecule has 94 valence electrons. The summed E-state index contributed by atoms with van der Waals surface area (Å²) < 4.78 is 5.09. The summed E-state index contributed by atoms with van der Waals surface area (Å²) in [4.78, 5) is 3.93. The lowest BCUT2D eigenvalue weighted by Crippen LogP contribution is -1.87. The molecule has 0 saturated carbocycles. The molecule has 1 aromatic carbocycles. The van der Waals surface area contributed by atoms with E-state index in [2.05, 4.69) is 11.1 Å². The van der Waals surface area contributed by atoms with Crippen LogP contribution in [0.15, 0.2) is 48.8 Å². The fourth-order valence-corrected chi connectivity index (χ4v) is 1.92. The molecule has 0 N–H and O–H groups in total. The number of pyridine rings is 1. The van der Waals surface area contributed by atoms with Crippen molar-refractivity contribution in [3.63, 3.8) is 0 Å². The zero-order chi connectivity index (χ0) is 13.7. The largest absolute Gasteiger partial charge is 0.497 e. The zero-order valence-corrected chi connectivity index (χ0v) is 11.1. The predicted octanol–water partition coefficient (Wildman–Crippen LogP) is 3.72. The number of halogens is 1. The molecule has 0 saturated heterocycles. The molecule has 0 bridgehead atoms. The molecule has 2 aromatic rings. The van der Waals surface area contributed by atoms with Crippen molar-refractivity contribution in [1.82, 2.24) is 4.98 Å². The summed E-state index contributed by atoms with van der Waals surface area (Å²) >= 11 is 6.30. The van der Waals surface area contributed by atoms with Crippen LogP contribution in [0, 0.1) is 11.3 Å². The summed E-state index contributed by atoms with van der Waals surface area (Å²) in [5.74, 6) is 0.746. The highest BCUT2D eigenvalue weighted by atomic mass is 35.5. The van der Waals surface area contributed by atoms with Crippen molar-refractivity contribution in [1.29, 1.82) is 5.26 Å². The zero-order valence-electron chi connectivity index (χ0n) is 10.3. The number of methoxy groups -OCH3 is 1.